The number of ether oxygens (including phenoxy) is 1. The van der Waals surface area contributed by atoms with Gasteiger partial charge in [0.25, 0.3) is 5.91 Å². The number of rotatable bonds is 9. The van der Waals surface area contributed by atoms with Crippen LogP contribution in [0.3, 0.4) is 0 Å². The number of carbonyl (C=O) groups is 4. The number of fused-ring (bicyclic) bond motifs is 1. The molecule has 0 bridgehead atoms. The first-order valence-electron chi connectivity index (χ1n) is 13.8. The Morgan fingerprint density at radius 3 is 2.37 bits per heavy atom. The van der Waals surface area contributed by atoms with Crippen LogP contribution in [0.2, 0.25) is 0 Å². The van der Waals surface area contributed by atoms with E-state index >= 15 is 0 Å². The number of hydrogen-bond acceptors (Lipinski definition) is 7. The summed E-state index contributed by atoms with van der Waals surface area (Å²) in [6, 6.07) is 4.93. The lowest BCUT2D eigenvalue weighted by Crippen LogP contribution is -2.53. The number of nitrogens with two attached hydrogens (primary N) is 1. The van der Waals surface area contributed by atoms with Gasteiger partial charge in [0.1, 0.15) is 12.1 Å². The SMILES string of the molecule is CCCC(N)C(=O)N1CC(=O)C2C1CCN2C(=O)C(CC(C)C)NC(=O)c1ccc(N2CCOCC2)cc1. The van der Waals surface area contributed by atoms with Crippen molar-refractivity contribution in [1.29, 1.82) is 0 Å². The number of anilines is 1. The van der Waals surface area contributed by atoms with Gasteiger partial charge in [0, 0.05) is 30.9 Å². The van der Waals surface area contributed by atoms with Crippen molar-refractivity contribution in [1.82, 2.24) is 15.1 Å². The summed E-state index contributed by atoms with van der Waals surface area (Å²) >= 11 is 0. The van der Waals surface area contributed by atoms with Gasteiger partial charge in [0.05, 0.1) is 31.8 Å². The third-order valence-corrected chi connectivity index (χ3v) is 7.72. The molecular formula is C28H41N5O5. The highest BCUT2D eigenvalue weighted by molar-refractivity contribution is 6.01. The van der Waals surface area contributed by atoms with Gasteiger partial charge in [-0.2, -0.15) is 0 Å². The molecule has 10 nitrogen and oxygen atoms in total. The summed E-state index contributed by atoms with van der Waals surface area (Å²) in [6.45, 7) is 9.26. The van der Waals surface area contributed by atoms with E-state index < -0.39 is 18.1 Å². The van der Waals surface area contributed by atoms with Gasteiger partial charge >= 0.3 is 0 Å². The van der Waals surface area contributed by atoms with Crippen molar-refractivity contribution in [3.8, 4) is 0 Å². The van der Waals surface area contributed by atoms with Gasteiger partial charge in [-0.05, 0) is 49.4 Å². The minimum absolute atomic E-state index is 0.0218. The van der Waals surface area contributed by atoms with Crippen molar-refractivity contribution in [2.45, 2.75) is 70.6 Å². The molecule has 3 fully saturated rings. The first-order valence-corrected chi connectivity index (χ1v) is 13.8. The Morgan fingerprint density at radius 1 is 1.05 bits per heavy atom. The van der Waals surface area contributed by atoms with Crippen LogP contribution in [0.25, 0.3) is 0 Å². The maximum Gasteiger partial charge on any atom is 0.251 e. The number of Topliss-reactive ketones (excluding diaryl/α,β-unsaturated/α-hetero) is 1. The summed E-state index contributed by atoms with van der Waals surface area (Å²) in [5.74, 6) is -0.824. The molecule has 38 heavy (non-hydrogen) atoms. The minimum atomic E-state index is -0.764. The Balaban J connectivity index is 1.44. The highest BCUT2D eigenvalue weighted by Crippen LogP contribution is 2.31. The molecule has 3 aliphatic rings. The summed E-state index contributed by atoms with van der Waals surface area (Å²) in [5, 5.41) is 2.93. The van der Waals surface area contributed by atoms with Gasteiger partial charge in [0.2, 0.25) is 11.8 Å². The Kier molecular flexibility index (Phi) is 9.04. The van der Waals surface area contributed by atoms with Crippen LogP contribution in [0.5, 0.6) is 0 Å². The zero-order chi connectivity index (χ0) is 27.4. The molecule has 3 amide bonds. The summed E-state index contributed by atoms with van der Waals surface area (Å²) in [5.41, 5.74) is 7.56. The molecule has 1 aromatic rings. The normalized spacial score (nSPS) is 23.0. The highest BCUT2D eigenvalue weighted by Gasteiger charge is 2.52. The smallest absolute Gasteiger partial charge is 0.251 e. The van der Waals surface area contributed by atoms with Gasteiger partial charge in [0.15, 0.2) is 5.78 Å². The number of nitrogens with zero attached hydrogens (tertiary/aromatic N) is 3. The Morgan fingerprint density at radius 2 is 1.74 bits per heavy atom. The molecule has 10 heteroatoms. The molecule has 3 saturated heterocycles. The molecule has 0 radical (unpaired) electrons. The van der Waals surface area contributed by atoms with Crippen LogP contribution in [0, 0.1) is 5.92 Å². The maximum absolute atomic E-state index is 13.7. The summed E-state index contributed by atoms with van der Waals surface area (Å²) in [7, 11) is 0. The van der Waals surface area contributed by atoms with Crippen molar-refractivity contribution in [3.05, 3.63) is 29.8 Å². The van der Waals surface area contributed by atoms with Gasteiger partial charge in [-0.1, -0.05) is 27.2 Å². The fraction of sp³-hybridized carbons (Fsp3) is 0.643. The second kappa shape index (κ2) is 12.3. The number of nitrogens with one attached hydrogen (secondary N) is 1. The number of morpholine rings is 1. The van der Waals surface area contributed by atoms with E-state index in [0.717, 1.165) is 25.2 Å². The van der Waals surface area contributed by atoms with Crippen LogP contribution in [-0.4, -0.2) is 96.9 Å². The van der Waals surface area contributed by atoms with E-state index in [9.17, 15) is 19.2 Å². The molecule has 0 aromatic heterocycles. The Hall–Kier alpha value is -2.98. The molecule has 4 rings (SSSR count). The van der Waals surface area contributed by atoms with Crippen molar-refractivity contribution in [2.75, 3.05) is 44.3 Å². The number of ketones is 1. The van der Waals surface area contributed by atoms with Crippen LogP contribution in [0.1, 0.15) is 56.8 Å². The van der Waals surface area contributed by atoms with Crippen molar-refractivity contribution in [2.24, 2.45) is 11.7 Å². The molecule has 0 aliphatic carbocycles. The van der Waals surface area contributed by atoms with E-state index in [1.54, 1.807) is 21.9 Å². The molecule has 4 atom stereocenters. The fourth-order valence-electron chi connectivity index (χ4n) is 5.79. The van der Waals surface area contributed by atoms with E-state index in [4.69, 9.17) is 10.5 Å². The zero-order valence-electron chi connectivity index (χ0n) is 22.7. The largest absolute Gasteiger partial charge is 0.378 e. The topological polar surface area (TPSA) is 125 Å². The monoisotopic (exact) mass is 527 g/mol. The lowest BCUT2D eigenvalue weighted by Gasteiger charge is -2.30. The minimum Gasteiger partial charge on any atom is -0.378 e. The molecule has 3 aliphatic heterocycles. The molecule has 3 heterocycles. The van der Waals surface area contributed by atoms with Crippen LogP contribution in [0.15, 0.2) is 24.3 Å². The average Bonchev–Trinajstić information content (AvgIpc) is 3.49. The van der Waals surface area contributed by atoms with Gasteiger partial charge in [-0.25, -0.2) is 0 Å². The van der Waals surface area contributed by atoms with E-state index in [2.05, 4.69) is 10.2 Å². The van der Waals surface area contributed by atoms with E-state index in [0.29, 0.717) is 44.6 Å². The van der Waals surface area contributed by atoms with Crippen molar-refractivity contribution in [3.63, 3.8) is 0 Å². The summed E-state index contributed by atoms with van der Waals surface area (Å²) < 4.78 is 5.41. The average molecular weight is 528 g/mol. The van der Waals surface area contributed by atoms with Crippen LogP contribution < -0.4 is 16.0 Å². The fourth-order valence-corrected chi connectivity index (χ4v) is 5.79. The van der Waals surface area contributed by atoms with E-state index in [1.165, 1.54) is 0 Å². The molecule has 1 aromatic carbocycles. The summed E-state index contributed by atoms with van der Waals surface area (Å²) in [4.78, 5) is 58.1. The molecule has 0 spiro atoms. The first-order chi connectivity index (χ1) is 18.2. The Bertz CT molecular complexity index is 1020. The number of hydrogen-bond donors (Lipinski definition) is 2. The van der Waals surface area contributed by atoms with Gasteiger partial charge in [-0.15, -0.1) is 0 Å². The zero-order valence-corrected chi connectivity index (χ0v) is 22.7. The quantitative estimate of drug-likeness (QED) is 0.494. The van der Waals surface area contributed by atoms with Crippen LogP contribution >= 0.6 is 0 Å². The molecular weight excluding hydrogens is 486 g/mol. The van der Waals surface area contributed by atoms with Gasteiger partial charge in [-0.3, -0.25) is 19.2 Å². The number of carbonyl (C=O) groups excluding carboxylic acids is 4. The molecule has 208 valence electrons. The predicted octanol–water partition coefficient (Wildman–Crippen LogP) is 1.18. The first kappa shape index (κ1) is 28.0. The summed E-state index contributed by atoms with van der Waals surface area (Å²) in [6.07, 6.45) is 2.31. The highest BCUT2D eigenvalue weighted by atomic mass is 16.5. The third kappa shape index (κ3) is 6.02. The van der Waals surface area contributed by atoms with Crippen molar-refractivity contribution < 1.29 is 23.9 Å². The molecule has 0 saturated carbocycles. The molecule has 3 N–H and O–H groups in total. The van der Waals surface area contributed by atoms with Crippen LogP contribution in [-0.2, 0) is 19.1 Å². The maximum atomic E-state index is 13.7. The van der Waals surface area contributed by atoms with E-state index in [1.807, 2.05) is 32.9 Å². The number of benzene rings is 1. The van der Waals surface area contributed by atoms with Gasteiger partial charge < -0.3 is 30.5 Å². The molecule has 4 unspecified atom stereocenters. The second-order valence-electron chi connectivity index (χ2n) is 11.0. The standard InChI is InChI=1S/C28H41N5O5/c1-4-5-21(29)27(36)33-17-24(34)25-23(33)10-11-32(25)28(37)22(16-18(2)3)30-26(35)19-6-8-20(9-7-19)31-12-14-38-15-13-31/h6-9,18,21-23,25H,4-5,10-17,29H2,1-3H3,(H,30,35). The number of likely N-dealkylation sites (tertiary alicyclic amines) is 2. The van der Waals surface area contributed by atoms with Crippen LogP contribution in [0.4, 0.5) is 5.69 Å². The van der Waals surface area contributed by atoms with E-state index in [-0.39, 0.29) is 42.0 Å². The van der Waals surface area contributed by atoms with Crippen molar-refractivity contribution >= 4 is 29.2 Å². The lowest BCUT2D eigenvalue weighted by molar-refractivity contribution is -0.138. The number of amides is 3. The lowest BCUT2D eigenvalue weighted by atomic mass is 10.0. The predicted molar refractivity (Wildman–Crippen MR) is 144 cm³/mol. The second-order valence-corrected chi connectivity index (χ2v) is 11.0. The third-order valence-electron chi connectivity index (χ3n) is 7.72. The Labute approximate surface area is 224 Å².